The Hall–Kier alpha value is -1.47. The number of carbonyl (C=O) groups excluding carboxylic acids is 1. The molecule has 0 aromatic heterocycles. The molecule has 0 spiro atoms. The van der Waals surface area contributed by atoms with Gasteiger partial charge in [0, 0.05) is 44.9 Å². The normalized spacial score (nSPS) is 17.3. The van der Waals surface area contributed by atoms with Gasteiger partial charge in [-0.25, -0.2) is 0 Å². The summed E-state index contributed by atoms with van der Waals surface area (Å²) in [4.78, 5) is 26.2. The predicted molar refractivity (Wildman–Crippen MR) is 88.2 cm³/mol. The van der Waals surface area contributed by atoms with E-state index in [0.29, 0.717) is 0 Å². The van der Waals surface area contributed by atoms with Crippen molar-refractivity contribution in [2.75, 3.05) is 32.7 Å². The molecule has 1 saturated heterocycles. The van der Waals surface area contributed by atoms with Gasteiger partial charge in [-0.3, -0.25) is 19.8 Å². The van der Waals surface area contributed by atoms with E-state index in [0.717, 1.165) is 44.7 Å². The fraction of sp³-hybridized carbons (Fsp3) is 0.533. The predicted octanol–water partition coefficient (Wildman–Crippen LogP) is 2.06. The van der Waals surface area contributed by atoms with Crippen LogP contribution in [0.25, 0.3) is 0 Å². The molecule has 1 heterocycles. The molecule has 120 valence electrons. The van der Waals surface area contributed by atoms with Gasteiger partial charge in [-0.2, -0.15) is 0 Å². The van der Waals surface area contributed by atoms with Crippen LogP contribution < -0.4 is 0 Å². The number of amides is 1. The van der Waals surface area contributed by atoms with E-state index in [1.165, 1.54) is 0 Å². The van der Waals surface area contributed by atoms with Gasteiger partial charge in [0.1, 0.15) is 0 Å². The average molecular weight is 370 g/mol. The van der Waals surface area contributed by atoms with Crippen molar-refractivity contribution in [3.63, 3.8) is 0 Å². The minimum Gasteiger partial charge on any atom is -0.339 e. The van der Waals surface area contributed by atoms with Crippen molar-refractivity contribution < 1.29 is 9.72 Å². The van der Waals surface area contributed by atoms with Crippen molar-refractivity contribution in [3.8, 4) is 0 Å². The van der Waals surface area contributed by atoms with Crippen LogP contribution in [0.2, 0.25) is 0 Å². The number of nitro benzene ring substituents is 1. The van der Waals surface area contributed by atoms with Gasteiger partial charge in [0.05, 0.1) is 9.75 Å². The number of hydrogen-bond donors (Lipinski definition) is 0. The quantitative estimate of drug-likeness (QED) is 0.452. The fourth-order valence-corrected chi connectivity index (χ4v) is 2.80. The summed E-state index contributed by atoms with van der Waals surface area (Å²) in [5, 5.41) is 10.6. The smallest absolute Gasteiger partial charge is 0.269 e. The van der Waals surface area contributed by atoms with E-state index in [9.17, 15) is 14.9 Å². The minimum atomic E-state index is -0.384. The first-order valence-electron chi connectivity index (χ1n) is 7.36. The molecule has 0 saturated carbocycles. The Morgan fingerprint density at radius 2 is 1.86 bits per heavy atom. The lowest BCUT2D eigenvalue weighted by atomic mass is 10.1. The highest BCUT2D eigenvalue weighted by molar-refractivity contribution is 9.10. The first kappa shape index (κ1) is 16.9. The highest BCUT2D eigenvalue weighted by atomic mass is 79.9. The molecule has 0 aliphatic carbocycles. The number of hydrogen-bond acceptors (Lipinski definition) is 4. The van der Waals surface area contributed by atoms with E-state index in [-0.39, 0.29) is 21.3 Å². The third-order valence-electron chi connectivity index (χ3n) is 3.89. The maximum atomic E-state index is 11.9. The van der Waals surface area contributed by atoms with Crippen LogP contribution in [0.3, 0.4) is 0 Å². The number of rotatable bonds is 5. The summed E-state index contributed by atoms with van der Waals surface area (Å²) in [6, 6.07) is 6.71. The van der Waals surface area contributed by atoms with Crippen molar-refractivity contribution in [3.05, 3.63) is 39.9 Å². The first-order valence-corrected chi connectivity index (χ1v) is 8.27. The summed E-state index contributed by atoms with van der Waals surface area (Å²) in [5.74, 6) is 0.148. The van der Waals surface area contributed by atoms with Crippen LogP contribution in [-0.4, -0.2) is 58.2 Å². The Kier molecular flexibility index (Phi) is 5.90. The molecule has 0 N–H and O–H groups in total. The van der Waals surface area contributed by atoms with Gasteiger partial charge in [-0.05, 0) is 18.9 Å². The molecular weight excluding hydrogens is 350 g/mol. The van der Waals surface area contributed by atoms with Crippen LogP contribution in [0.4, 0.5) is 5.69 Å². The van der Waals surface area contributed by atoms with Crippen LogP contribution >= 0.6 is 15.9 Å². The SMILES string of the molecule is CC(Br)C(=O)N1CCN(CCc2ccc([N+](=O)[O-])cc2)CC1. The van der Waals surface area contributed by atoms with Crippen LogP contribution in [0.5, 0.6) is 0 Å². The summed E-state index contributed by atoms with van der Waals surface area (Å²) >= 11 is 3.31. The molecule has 2 rings (SSSR count). The highest BCUT2D eigenvalue weighted by Crippen LogP contribution is 2.13. The largest absolute Gasteiger partial charge is 0.339 e. The molecule has 1 aliphatic rings. The molecule has 1 aliphatic heterocycles. The van der Waals surface area contributed by atoms with E-state index in [1.54, 1.807) is 12.1 Å². The third-order valence-corrected chi connectivity index (χ3v) is 4.28. The van der Waals surface area contributed by atoms with E-state index in [4.69, 9.17) is 0 Å². The molecule has 1 aromatic carbocycles. The lowest BCUT2D eigenvalue weighted by molar-refractivity contribution is -0.384. The summed E-state index contributed by atoms with van der Waals surface area (Å²) < 4.78 is 0. The van der Waals surface area contributed by atoms with Gasteiger partial charge in [0.15, 0.2) is 0 Å². The molecule has 1 amide bonds. The van der Waals surface area contributed by atoms with Gasteiger partial charge < -0.3 is 4.90 Å². The van der Waals surface area contributed by atoms with Crippen molar-refractivity contribution in [2.24, 2.45) is 0 Å². The number of nitro groups is 1. The van der Waals surface area contributed by atoms with Crippen LogP contribution in [0.1, 0.15) is 12.5 Å². The Labute approximate surface area is 138 Å². The van der Waals surface area contributed by atoms with Gasteiger partial charge in [0.2, 0.25) is 5.91 Å². The Bertz CT molecular complexity index is 525. The van der Waals surface area contributed by atoms with Crippen LogP contribution in [0, 0.1) is 10.1 Å². The number of non-ortho nitro benzene ring substituents is 1. The molecule has 6 nitrogen and oxygen atoms in total. The second kappa shape index (κ2) is 7.69. The van der Waals surface area contributed by atoms with E-state index >= 15 is 0 Å². The van der Waals surface area contributed by atoms with Gasteiger partial charge in [-0.1, -0.05) is 28.1 Å². The minimum absolute atomic E-state index is 0.125. The highest BCUT2D eigenvalue weighted by Gasteiger charge is 2.23. The second-order valence-electron chi connectivity index (χ2n) is 5.46. The summed E-state index contributed by atoms with van der Waals surface area (Å²) in [6.07, 6.45) is 0.862. The molecule has 1 atom stereocenters. The Morgan fingerprint density at radius 1 is 1.27 bits per heavy atom. The number of carbonyl (C=O) groups is 1. The van der Waals surface area contributed by atoms with E-state index < -0.39 is 0 Å². The monoisotopic (exact) mass is 369 g/mol. The van der Waals surface area contributed by atoms with E-state index in [2.05, 4.69) is 20.8 Å². The Morgan fingerprint density at radius 3 is 2.36 bits per heavy atom. The second-order valence-corrected chi connectivity index (χ2v) is 6.83. The van der Waals surface area contributed by atoms with Crippen molar-refractivity contribution in [1.82, 2.24) is 9.80 Å². The number of piperazine rings is 1. The third kappa shape index (κ3) is 4.51. The van der Waals surface area contributed by atoms with Crippen molar-refractivity contribution in [1.29, 1.82) is 0 Å². The number of alkyl halides is 1. The standard InChI is InChI=1S/C15H20BrN3O3/c1-12(16)15(20)18-10-8-17(9-11-18)7-6-13-2-4-14(5-3-13)19(21)22/h2-5,12H,6-11H2,1H3. The molecule has 1 unspecified atom stereocenters. The maximum absolute atomic E-state index is 11.9. The number of benzene rings is 1. The van der Waals surface area contributed by atoms with Crippen LogP contribution in [0.15, 0.2) is 24.3 Å². The van der Waals surface area contributed by atoms with E-state index in [1.807, 2.05) is 24.0 Å². The van der Waals surface area contributed by atoms with Crippen molar-refractivity contribution >= 4 is 27.5 Å². The molecule has 22 heavy (non-hydrogen) atoms. The molecule has 1 aromatic rings. The van der Waals surface area contributed by atoms with Gasteiger partial charge in [-0.15, -0.1) is 0 Å². The summed E-state index contributed by atoms with van der Waals surface area (Å²) in [7, 11) is 0. The van der Waals surface area contributed by atoms with Crippen molar-refractivity contribution in [2.45, 2.75) is 18.2 Å². The fourth-order valence-electron chi connectivity index (χ4n) is 2.51. The zero-order chi connectivity index (χ0) is 16.1. The zero-order valence-electron chi connectivity index (χ0n) is 12.6. The number of nitrogens with zero attached hydrogens (tertiary/aromatic N) is 3. The molecule has 0 bridgehead atoms. The Balaban J connectivity index is 1.77. The maximum Gasteiger partial charge on any atom is 0.269 e. The topological polar surface area (TPSA) is 66.7 Å². The lowest BCUT2D eigenvalue weighted by Crippen LogP contribution is -2.50. The van der Waals surface area contributed by atoms with Gasteiger partial charge >= 0.3 is 0 Å². The summed E-state index contributed by atoms with van der Waals surface area (Å²) in [5.41, 5.74) is 1.22. The zero-order valence-corrected chi connectivity index (χ0v) is 14.2. The average Bonchev–Trinajstić information content (AvgIpc) is 2.53. The molecule has 7 heteroatoms. The molecular formula is C15H20BrN3O3. The summed E-state index contributed by atoms with van der Waals surface area (Å²) in [6.45, 7) is 6.02. The first-order chi connectivity index (χ1) is 10.5. The van der Waals surface area contributed by atoms with Crippen LogP contribution in [-0.2, 0) is 11.2 Å². The molecule has 1 fully saturated rings. The molecule has 0 radical (unpaired) electrons. The number of halogens is 1. The van der Waals surface area contributed by atoms with Gasteiger partial charge in [0.25, 0.3) is 5.69 Å². The lowest BCUT2D eigenvalue weighted by Gasteiger charge is -2.35.